The van der Waals surface area contributed by atoms with Crippen LogP contribution in [0.25, 0.3) is 0 Å². The minimum absolute atomic E-state index is 0.0135. The summed E-state index contributed by atoms with van der Waals surface area (Å²) in [5.74, 6) is -4.42. The number of hydrogen-bond donors (Lipinski definition) is 1. The van der Waals surface area contributed by atoms with Gasteiger partial charge in [-0.05, 0) is 30.9 Å². The molecule has 0 aliphatic heterocycles. The molecule has 0 aromatic heterocycles. The van der Waals surface area contributed by atoms with Crippen LogP contribution in [0.2, 0.25) is 0 Å². The minimum Gasteiger partial charge on any atom is -0.369 e. The Bertz CT molecular complexity index is 496. The van der Waals surface area contributed by atoms with Gasteiger partial charge in [0.25, 0.3) is 0 Å². The molecule has 0 unspecified atom stereocenters. The third-order valence-electron chi connectivity index (χ3n) is 3.98. The maximum Gasteiger partial charge on any atom is 0.223 e. The van der Waals surface area contributed by atoms with E-state index < -0.39 is 28.8 Å². The number of primary amides is 1. The fraction of sp³-hybridized carbons (Fsp3) is 0.500. The molecule has 104 valence electrons. The maximum atomic E-state index is 13.7. The Hall–Kier alpha value is -1.52. The first kappa shape index (κ1) is 13.9. The Morgan fingerprint density at radius 3 is 2.32 bits per heavy atom. The molecule has 2 rings (SSSR count). The van der Waals surface area contributed by atoms with E-state index in [1.165, 1.54) is 6.07 Å². The lowest BCUT2D eigenvalue weighted by molar-refractivity contribution is -0.129. The molecule has 0 heterocycles. The van der Waals surface area contributed by atoms with E-state index in [1.807, 2.05) is 0 Å². The molecule has 0 saturated heterocycles. The van der Waals surface area contributed by atoms with Crippen LogP contribution in [-0.2, 0) is 11.2 Å². The molecule has 2 nitrogen and oxygen atoms in total. The second kappa shape index (κ2) is 5.23. The van der Waals surface area contributed by atoms with E-state index in [9.17, 15) is 18.0 Å². The summed E-state index contributed by atoms with van der Waals surface area (Å²) < 4.78 is 39.8. The molecule has 1 aromatic carbocycles. The molecule has 0 radical (unpaired) electrons. The van der Waals surface area contributed by atoms with Gasteiger partial charge in [0.05, 0.1) is 5.41 Å². The van der Waals surface area contributed by atoms with Crippen LogP contribution in [0.15, 0.2) is 12.1 Å². The van der Waals surface area contributed by atoms with Crippen molar-refractivity contribution in [3.05, 3.63) is 35.1 Å². The van der Waals surface area contributed by atoms with E-state index in [4.69, 9.17) is 5.73 Å². The van der Waals surface area contributed by atoms with Crippen LogP contribution < -0.4 is 5.73 Å². The summed E-state index contributed by atoms with van der Waals surface area (Å²) in [5, 5.41) is 0. The molecule has 1 saturated carbocycles. The molecule has 1 fully saturated rings. The summed E-state index contributed by atoms with van der Waals surface area (Å²) in [7, 11) is 0. The molecule has 1 aliphatic carbocycles. The largest absolute Gasteiger partial charge is 0.369 e. The molecule has 0 bridgehead atoms. The van der Waals surface area contributed by atoms with E-state index in [0.29, 0.717) is 12.8 Å². The van der Waals surface area contributed by atoms with Crippen molar-refractivity contribution in [1.82, 2.24) is 0 Å². The average Bonchev–Trinajstić information content (AvgIpc) is 2.40. The van der Waals surface area contributed by atoms with Crippen molar-refractivity contribution in [2.45, 2.75) is 38.5 Å². The van der Waals surface area contributed by atoms with Crippen LogP contribution in [0.3, 0.4) is 0 Å². The zero-order chi connectivity index (χ0) is 14.0. The van der Waals surface area contributed by atoms with E-state index in [1.54, 1.807) is 0 Å². The van der Waals surface area contributed by atoms with E-state index in [0.717, 1.165) is 25.3 Å². The van der Waals surface area contributed by atoms with Crippen molar-refractivity contribution >= 4 is 5.91 Å². The van der Waals surface area contributed by atoms with Gasteiger partial charge in [-0.3, -0.25) is 4.79 Å². The number of halogens is 3. The lowest BCUT2D eigenvalue weighted by Crippen LogP contribution is -2.40. The van der Waals surface area contributed by atoms with Gasteiger partial charge >= 0.3 is 0 Å². The Labute approximate surface area is 109 Å². The average molecular weight is 271 g/mol. The highest BCUT2D eigenvalue weighted by molar-refractivity contribution is 5.81. The van der Waals surface area contributed by atoms with E-state index in [2.05, 4.69) is 0 Å². The third-order valence-corrected chi connectivity index (χ3v) is 3.98. The quantitative estimate of drug-likeness (QED) is 0.843. The molecular formula is C14H16F3NO. The summed E-state index contributed by atoms with van der Waals surface area (Å²) in [6, 6.07) is 2.07. The second-order valence-corrected chi connectivity index (χ2v) is 5.22. The number of carbonyl (C=O) groups excluding carboxylic acids is 1. The van der Waals surface area contributed by atoms with Gasteiger partial charge in [-0.15, -0.1) is 0 Å². The smallest absolute Gasteiger partial charge is 0.223 e. The zero-order valence-corrected chi connectivity index (χ0v) is 10.5. The summed E-state index contributed by atoms with van der Waals surface area (Å²) in [6.45, 7) is 0. The summed E-state index contributed by atoms with van der Waals surface area (Å²) >= 11 is 0. The predicted octanol–water partition coefficient (Wildman–Crippen LogP) is 3.08. The summed E-state index contributed by atoms with van der Waals surface area (Å²) in [6.07, 6.45) is 3.87. The molecule has 2 N–H and O–H groups in total. The Morgan fingerprint density at radius 1 is 1.11 bits per heavy atom. The Morgan fingerprint density at radius 2 is 1.74 bits per heavy atom. The first-order valence-electron chi connectivity index (χ1n) is 6.38. The van der Waals surface area contributed by atoms with Crippen LogP contribution in [0.1, 0.15) is 37.7 Å². The van der Waals surface area contributed by atoms with Crippen molar-refractivity contribution in [2.24, 2.45) is 11.1 Å². The lowest BCUT2D eigenvalue weighted by atomic mass is 9.70. The van der Waals surface area contributed by atoms with Crippen LogP contribution in [0, 0.1) is 22.9 Å². The van der Waals surface area contributed by atoms with Crippen molar-refractivity contribution in [2.75, 3.05) is 0 Å². The van der Waals surface area contributed by atoms with Crippen molar-refractivity contribution in [3.63, 3.8) is 0 Å². The lowest BCUT2D eigenvalue weighted by Gasteiger charge is -2.34. The third kappa shape index (κ3) is 2.60. The molecule has 1 amide bonds. The SMILES string of the molecule is NC(=O)C1(Cc2ccc(F)c(F)c2F)CCCCC1. The first-order chi connectivity index (χ1) is 8.96. The van der Waals surface area contributed by atoms with Crippen LogP contribution >= 0.6 is 0 Å². The highest BCUT2D eigenvalue weighted by Gasteiger charge is 2.38. The maximum absolute atomic E-state index is 13.7. The van der Waals surface area contributed by atoms with Gasteiger partial charge in [0, 0.05) is 0 Å². The molecule has 1 aliphatic rings. The minimum atomic E-state index is -1.49. The fourth-order valence-electron chi connectivity index (χ4n) is 2.81. The van der Waals surface area contributed by atoms with Gasteiger partial charge in [0.15, 0.2) is 17.5 Å². The standard InChI is InChI=1S/C14H16F3NO/c15-10-5-4-9(11(16)12(10)17)8-14(13(18)19)6-2-1-3-7-14/h4-5H,1-3,6-8H2,(H2,18,19). The summed E-state index contributed by atoms with van der Waals surface area (Å²) in [4.78, 5) is 11.7. The molecule has 5 heteroatoms. The van der Waals surface area contributed by atoms with Gasteiger partial charge in [-0.25, -0.2) is 13.2 Å². The molecule has 19 heavy (non-hydrogen) atoms. The van der Waals surface area contributed by atoms with Crippen LogP contribution in [0.4, 0.5) is 13.2 Å². The number of rotatable bonds is 3. The van der Waals surface area contributed by atoms with Gasteiger partial charge in [-0.2, -0.15) is 0 Å². The molecule has 0 spiro atoms. The highest BCUT2D eigenvalue weighted by atomic mass is 19.2. The van der Waals surface area contributed by atoms with Crippen LogP contribution in [-0.4, -0.2) is 5.91 Å². The Kier molecular flexibility index (Phi) is 3.83. The van der Waals surface area contributed by atoms with Gasteiger partial charge < -0.3 is 5.73 Å². The van der Waals surface area contributed by atoms with Crippen molar-refractivity contribution < 1.29 is 18.0 Å². The highest BCUT2D eigenvalue weighted by Crippen LogP contribution is 2.39. The Balaban J connectivity index is 2.32. The number of hydrogen-bond acceptors (Lipinski definition) is 1. The van der Waals surface area contributed by atoms with Crippen molar-refractivity contribution in [3.8, 4) is 0 Å². The predicted molar refractivity (Wildman–Crippen MR) is 64.7 cm³/mol. The molecule has 0 atom stereocenters. The number of nitrogens with two attached hydrogens (primary N) is 1. The zero-order valence-electron chi connectivity index (χ0n) is 10.5. The van der Waals surface area contributed by atoms with Crippen LogP contribution in [0.5, 0.6) is 0 Å². The monoisotopic (exact) mass is 271 g/mol. The summed E-state index contributed by atoms with van der Waals surface area (Å²) in [5.41, 5.74) is 4.62. The van der Waals surface area contributed by atoms with Crippen molar-refractivity contribution in [1.29, 1.82) is 0 Å². The normalized spacial score (nSPS) is 18.3. The van der Waals surface area contributed by atoms with Gasteiger partial charge in [0.2, 0.25) is 5.91 Å². The number of carbonyl (C=O) groups is 1. The number of amides is 1. The number of benzene rings is 1. The topological polar surface area (TPSA) is 43.1 Å². The van der Waals surface area contributed by atoms with Gasteiger partial charge in [-0.1, -0.05) is 25.3 Å². The first-order valence-corrected chi connectivity index (χ1v) is 6.38. The molecular weight excluding hydrogens is 255 g/mol. The fourth-order valence-corrected chi connectivity index (χ4v) is 2.81. The van der Waals surface area contributed by atoms with Gasteiger partial charge in [0.1, 0.15) is 0 Å². The van der Waals surface area contributed by atoms with E-state index >= 15 is 0 Å². The van der Waals surface area contributed by atoms with E-state index in [-0.39, 0.29) is 12.0 Å². The molecule has 1 aromatic rings. The second-order valence-electron chi connectivity index (χ2n) is 5.22.